The lowest BCUT2D eigenvalue weighted by Crippen LogP contribution is -2.45. The van der Waals surface area contributed by atoms with E-state index in [1.54, 1.807) is 6.92 Å². The van der Waals surface area contributed by atoms with Gasteiger partial charge in [-0.1, -0.05) is 0 Å². The summed E-state index contributed by atoms with van der Waals surface area (Å²) in [5, 5.41) is 2.83. The van der Waals surface area contributed by atoms with Gasteiger partial charge in [-0.25, -0.2) is 0 Å². The molecule has 3 N–H and O–H groups in total. The van der Waals surface area contributed by atoms with Crippen LogP contribution in [0.5, 0.6) is 0 Å². The molecule has 1 fully saturated rings. The number of likely N-dealkylation sites (N-methyl/N-ethyl adjacent to an activating group) is 1. The van der Waals surface area contributed by atoms with Gasteiger partial charge in [0.05, 0.1) is 6.04 Å². The molecule has 0 aromatic rings. The minimum atomic E-state index is -0.399. The van der Waals surface area contributed by atoms with Crippen LogP contribution in [0.25, 0.3) is 0 Å². The molecular formula is C11H24N4O. The molecule has 1 saturated heterocycles. The van der Waals surface area contributed by atoms with Crippen LogP contribution in [0, 0.1) is 0 Å². The Morgan fingerprint density at radius 1 is 1.38 bits per heavy atom. The molecule has 1 aliphatic rings. The van der Waals surface area contributed by atoms with E-state index < -0.39 is 6.04 Å². The SMILES string of the molecule is C[C@@H](N)C(=O)NCCCN1CCN(C)CC1. The van der Waals surface area contributed by atoms with Crippen LogP contribution < -0.4 is 11.1 Å². The van der Waals surface area contributed by atoms with E-state index in [-0.39, 0.29) is 5.91 Å². The van der Waals surface area contributed by atoms with Crippen LogP contribution in [0.1, 0.15) is 13.3 Å². The normalized spacial score (nSPS) is 20.7. The molecule has 0 unspecified atom stereocenters. The van der Waals surface area contributed by atoms with E-state index in [0.29, 0.717) is 0 Å². The molecule has 94 valence electrons. The Morgan fingerprint density at radius 3 is 2.56 bits per heavy atom. The summed E-state index contributed by atoms with van der Waals surface area (Å²) in [7, 11) is 2.15. The van der Waals surface area contributed by atoms with Gasteiger partial charge in [0.2, 0.25) is 5.91 Å². The second-order valence-corrected chi connectivity index (χ2v) is 4.58. The lowest BCUT2D eigenvalue weighted by atomic mass is 10.3. The van der Waals surface area contributed by atoms with Gasteiger partial charge in [0.25, 0.3) is 0 Å². The predicted molar refractivity (Wildman–Crippen MR) is 65.2 cm³/mol. The van der Waals surface area contributed by atoms with Crippen LogP contribution in [0.15, 0.2) is 0 Å². The van der Waals surface area contributed by atoms with Crippen LogP contribution in [-0.4, -0.2) is 68.1 Å². The number of nitrogens with zero attached hydrogens (tertiary/aromatic N) is 2. The van der Waals surface area contributed by atoms with Crippen molar-refractivity contribution < 1.29 is 4.79 Å². The molecule has 0 bridgehead atoms. The topological polar surface area (TPSA) is 61.6 Å². The maximum absolute atomic E-state index is 11.2. The minimum absolute atomic E-state index is 0.0571. The van der Waals surface area contributed by atoms with E-state index in [2.05, 4.69) is 22.2 Å². The molecule has 5 nitrogen and oxygen atoms in total. The first-order valence-corrected chi connectivity index (χ1v) is 6.04. The molecule has 16 heavy (non-hydrogen) atoms. The predicted octanol–water partition coefficient (Wildman–Crippen LogP) is -0.913. The van der Waals surface area contributed by atoms with Crippen LogP contribution >= 0.6 is 0 Å². The van der Waals surface area contributed by atoms with Gasteiger partial charge in [-0.2, -0.15) is 0 Å². The largest absolute Gasteiger partial charge is 0.355 e. The van der Waals surface area contributed by atoms with Gasteiger partial charge in [-0.15, -0.1) is 0 Å². The molecule has 1 aliphatic heterocycles. The van der Waals surface area contributed by atoms with E-state index in [9.17, 15) is 4.79 Å². The van der Waals surface area contributed by atoms with E-state index in [4.69, 9.17) is 5.73 Å². The fourth-order valence-electron chi connectivity index (χ4n) is 1.75. The molecule has 0 aromatic heterocycles. The fourth-order valence-corrected chi connectivity index (χ4v) is 1.75. The maximum Gasteiger partial charge on any atom is 0.236 e. The van der Waals surface area contributed by atoms with E-state index in [1.165, 1.54) is 0 Å². The number of nitrogens with one attached hydrogen (secondary N) is 1. The first-order valence-electron chi connectivity index (χ1n) is 6.04. The Bertz CT molecular complexity index is 212. The third-order valence-corrected chi connectivity index (χ3v) is 2.96. The Morgan fingerprint density at radius 2 is 2.00 bits per heavy atom. The van der Waals surface area contributed by atoms with Crippen molar-refractivity contribution in [1.29, 1.82) is 0 Å². The molecule has 0 spiro atoms. The zero-order valence-corrected chi connectivity index (χ0v) is 10.4. The van der Waals surface area contributed by atoms with Crippen molar-refractivity contribution in [3.8, 4) is 0 Å². The molecular weight excluding hydrogens is 204 g/mol. The Hall–Kier alpha value is -0.650. The highest BCUT2D eigenvalue weighted by Gasteiger charge is 2.13. The summed E-state index contributed by atoms with van der Waals surface area (Å²) in [6.45, 7) is 8.06. The number of carbonyl (C=O) groups excluding carboxylic acids is 1. The number of piperazine rings is 1. The average Bonchev–Trinajstić information content (AvgIpc) is 2.26. The van der Waals surface area contributed by atoms with Gasteiger partial charge in [0, 0.05) is 32.7 Å². The first kappa shape index (κ1) is 13.4. The van der Waals surface area contributed by atoms with E-state index >= 15 is 0 Å². The molecule has 0 saturated carbocycles. The van der Waals surface area contributed by atoms with Crippen molar-refractivity contribution in [2.45, 2.75) is 19.4 Å². The van der Waals surface area contributed by atoms with E-state index in [0.717, 1.165) is 45.7 Å². The number of hydrogen-bond acceptors (Lipinski definition) is 4. The summed E-state index contributed by atoms with van der Waals surface area (Å²) in [6, 6.07) is -0.399. The quantitative estimate of drug-likeness (QED) is 0.598. The number of rotatable bonds is 5. The second-order valence-electron chi connectivity index (χ2n) is 4.58. The minimum Gasteiger partial charge on any atom is -0.355 e. The van der Waals surface area contributed by atoms with Gasteiger partial charge >= 0.3 is 0 Å². The van der Waals surface area contributed by atoms with Crippen LogP contribution in [0.2, 0.25) is 0 Å². The van der Waals surface area contributed by atoms with Crippen LogP contribution in [0.3, 0.4) is 0 Å². The molecule has 0 aromatic carbocycles. The molecule has 0 aliphatic carbocycles. The monoisotopic (exact) mass is 228 g/mol. The van der Waals surface area contributed by atoms with Crippen molar-refractivity contribution in [3.63, 3.8) is 0 Å². The van der Waals surface area contributed by atoms with E-state index in [1.807, 2.05) is 0 Å². The highest BCUT2D eigenvalue weighted by Crippen LogP contribution is 1.99. The highest BCUT2D eigenvalue weighted by molar-refractivity contribution is 5.80. The lowest BCUT2D eigenvalue weighted by Gasteiger charge is -2.32. The molecule has 1 atom stereocenters. The standard InChI is InChI=1S/C11H24N4O/c1-10(12)11(16)13-4-3-5-15-8-6-14(2)7-9-15/h10H,3-9,12H2,1-2H3,(H,13,16)/t10-/m1/s1. The third kappa shape index (κ3) is 4.92. The number of carbonyl (C=O) groups is 1. The number of nitrogens with two attached hydrogens (primary N) is 1. The Labute approximate surface area is 98.0 Å². The van der Waals surface area contributed by atoms with Crippen LogP contribution in [0.4, 0.5) is 0 Å². The average molecular weight is 228 g/mol. The van der Waals surface area contributed by atoms with Gasteiger partial charge in [0.1, 0.15) is 0 Å². The van der Waals surface area contributed by atoms with Gasteiger partial charge < -0.3 is 20.9 Å². The summed E-state index contributed by atoms with van der Waals surface area (Å²) in [4.78, 5) is 16.0. The zero-order valence-electron chi connectivity index (χ0n) is 10.4. The lowest BCUT2D eigenvalue weighted by molar-refractivity contribution is -0.121. The van der Waals surface area contributed by atoms with Crippen molar-refractivity contribution in [1.82, 2.24) is 15.1 Å². The molecule has 0 radical (unpaired) electrons. The molecule has 1 amide bonds. The second kappa shape index (κ2) is 6.83. The van der Waals surface area contributed by atoms with Gasteiger partial charge in [-0.05, 0) is 26.9 Å². The molecule has 5 heteroatoms. The fraction of sp³-hybridized carbons (Fsp3) is 0.909. The highest BCUT2D eigenvalue weighted by atomic mass is 16.2. The van der Waals surface area contributed by atoms with Crippen LogP contribution in [-0.2, 0) is 4.79 Å². The third-order valence-electron chi connectivity index (χ3n) is 2.96. The van der Waals surface area contributed by atoms with Gasteiger partial charge in [0.15, 0.2) is 0 Å². The van der Waals surface area contributed by atoms with Crippen molar-refractivity contribution in [2.75, 3.05) is 46.3 Å². The summed E-state index contributed by atoms with van der Waals surface area (Å²) in [6.07, 6.45) is 1.00. The van der Waals surface area contributed by atoms with Gasteiger partial charge in [-0.3, -0.25) is 4.79 Å². The van der Waals surface area contributed by atoms with Crippen molar-refractivity contribution in [2.24, 2.45) is 5.73 Å². The number of hydrogen-bond donors (Lipinski definition) is 2. The van der Waals surface area contributed by atoms with Crippen molar-refractivity contribution in [3.05, 3.63) is 0 Å². The Balaban J connectivity index is 2.01. The maximum atomic E-state index is 11.2. The summed E-state index contributed by atoms with van der Waals surface area (Å²) in [5.74, 6) is -0.0571. The summed E-state index contributed by atoms with van der Waals surface area (Å²) in [5.41, 5.74) is 5.45. The molecule has 1 heterocycles. The Kier molecular flexibility index (Phi) is 5.73. The zero-order chi connectivity index (χ0) is 12.0. The molecule has 1 rings (SSSR count). The smallest absolute Gasteiger partial charge is 0.236 e. The number of amides is 1. The summed E-state index contributed by atoms with van der Waals surface area (Å²) < 4.78 is 0. The van der Waals surface area contributed by atoms with Crippen molar-refractivity contribution >= 4 is 5.91 Å². The first-order chi connectivity index (χ1) is 7.59. The summed E-state index contributed by atoms with van der Waals surface area (Å²) >= 11 is 0.